The molecule has 78 heavy (non-hydrogen) atoms. The normalized spacial score (nSPS) is 15.4. The summed E-state index contributed by atoms with van der Waals surface area (Å²) in [5.41, 5.74) is 27.9. The fraction of sp³-hybridized carbons (Fsp3) is 0.367. The highest BCUT2D eigenvalue weighted by atomic mass is 16.5. The van der Waals surface area contributed by atoms with Crippen molar-refractivity contribution in [1.29, 1.82) is 0 Å². The number of hydrogen-bond donors (Lipinski definition) is 4. The smallest absolute Gasteiger partial charge is 0.336 e. The molecular formula is C60H62N11O7+. The zero-order chi connectivity index (χ0) is 53.7. The molecule has 2 amide bonds. The Morgan fingerprint density at radius 2 is 1.62 bits per heavy atom. The zero-order valence-corrected chi connectivity index (χ0v) is 43.5. The number of nitrogens with one attached hydrogen (secondary N) is 2. The molecule has 0 radical (unpaired) electrons. The highest BCUT2D eigenvalue weighted by Gasteiger charge is 2.36. The van der Waals surface area contributed by atoms with Gasteiger partial charge in [-0.3, -0.25) is 9.59 Å². The predicted octanol–water partition coefficient (Wildman–Crippen LogP) is 8.82. The van der Waals surface area contributed by atoms with Crippen LogP contribution >= 0.6 is 0 Å². The second-order valence-electron chi connectivity index (χ2n) is 20.8. The number of nitrogens with zero attached hydrogens (tertiary/aromatic N) is 9. The van der Waals surface area contributed by atoms with Crippen molar-refractivity contribution in [3.8, 4) is 17.2 Å². The molecule has 5 aliphatic heterocycles. The first-order chi connectivity index (χ1) is 38.2. The molecule has 398 valence electrons. The summed E-state index contributed by atoms with van der Waals surface area (Å²) in [6.45, 7) is 4.41. The summed E-state index contributed by atoms with van der Waals surface area (Å²) in [6.07, 6.45) is 8.90. The number of fused-ring (bicyclic) bond motifs is 5. The van der Waals surface area contributed by atoms with Crippen LogP contribution in [0.25, 0.3) is 37.2 Å². The van der Waals surface area contributed by atoms with Crippen molar-refractivity contribution in [3.63, 3.8) is 0 Å². The summed E-state index contributed by atoms with van der Waals surface area (Å²) < 4.78 is 15.8. The number of amides is 2. The van der Waals surface area contributed by atoms with Gasteiger partial charge < -0.3 is 40.1 Å². The Hall–Kier alpha value is -8.40. The zero-order valence-electron chi connectivity index (χ0n) is 43.5. The van der Waals surface area contributed by atoms with Gasteiger partial charge in [-0.25, -0.2) is 9.37 Å². The number of aryl methyl sites for hydroxylation is 2. The number of carbonyl (C=O) groups is 3. The van der Waals surface area contributed by atoms with E-state index in [9.17, 15) is 30.1 Å². The summed E-state index contributed by atoms with van der Waals surface area (Å²) >= 11 is 0. The fourth-order valence-corrected chi connectivity index (χ4v) is 12.2. The van der Waals surface area contributed by atoms with E-state index in [1.807, 2.05) is 42.5 Å². The van der Waals surface area contributed by atoms with Crippen LogP contribution < -0.4 is 40.2 Å². The molecule has 0 bridgehead atoms. The maximum absolute atomic E-state index is 14.5. The van der Waals surface area contributed by atoms with Gasteiger partial charge in [0.05, 0.1) is 11.1 Å². The van der Waals surface area contributed by atoms with Crippen LogP contribution in [-0.4, -0.2) is 98.0 Å². The Kier molecular flexibility index (Phi) is 15.3. The van der Waals surface area contributed by atoms with Gasteiger partial charge in [-0.05, 0) is 127 Å². The fourth-order valence-electron chi connectivity index (χ4n) is 12.2. The van der Waals surface area contributed by atoms with Crippen molar-refractivity contribution < 1.29 is 34.1 Å². The standard InChI is InChI=1S/C60H61N11O7/c61-67-65-42-20-18-41(51(33-42)66-68-62)35-71(53(73)22-23-63-34-43(72)36-77-52-17-7-13-37-10-1-2-14-44(37)52)29-24-64-59(74)40-19-21-45(60(75)76)48(32-40)54-49-30-38-11-3-5-25-69-27-8-15-46(55(38)69)57(49)78-58-47-16-9-28-70-26-6-4-12-39(56(47)70)31-50(54)58/h1-2,7,10,13-14,17-21,30-33,43,63,72H,3-6,8-9,11-12,15-16,22-29,34-36H2,(H-,64,74,75,76)/p+1/t43-/m0/s1. The minimum atomic E-state index is -1.11. The van der Waals surface area contributed by atoms with Crippen LogP contribution in [-0.2, 0) is 37.0 Å². The molecule has 0 unspecified atom stereocenters. The number of ether oxygens (including phenoxy) is 2. The van der Waals surface area contributed by atoms with Gasteiger partial charge in [0.15, 0.2) is 0 Å². The van der Waals surface area contributed by atoms with Crippen molar-refractivity contribution in [2.75, 3.05) is 63.9 Å². The molecule has 18 nitrogen and oxygen atoms in total. The van der Waals surface area contributed by atoms with Crippen molar-refractivity contribution in [1.82, 2.24) is 20.1 Å². The van der Waals surface area contributed by atoms with Gasteiger partial charge in [0.2, 0.25) is 11.3 Å². The summed E-state index contributed by atoms with van der Waals surface area (Å²) in [6, 6.07) is 27.4. The number of aliphatic hydroxyl groups is 1. The quantitative estimate of drug-likeness (QED) is 0.0211. The lowest BCUT2D eigenvalue weighted by Gasteiger charge is -2.35. The first-order valence-electron chi connectivity index (χ1n) is 27.3. The van der Waals surface area contributed by atoms with Crippen LogP contribution in [0.1, 0.15) is 105 Å². The van der Waals surface area contributed by atoms with Crippen molar-refractivity contribution >= 4 is 51.2 Å². The summed E-state index contributed by atoms with van der Waals surface area (Å²) in [5, 5.41) is 39.5. The molecule has 6 aromatic rings. The van der Waals surface area contributed by atoms with Crippen LogP contribution in [0.2, 0.25) is 0 Å². The van der Waals surface area contributed by atoms with Gasteiger partial charge in [-0.1, -0.05) is 58.8 Å². The monoisotopic (exact) mass is 1050 g/mol. The maximum atomic E-state index is 14.5. The number of carbonyl (C=O) groups excluding carboxylic acids is 2. The van der Waals surface area contributed by atoms with Crippen LogP contribution in [0.4, 0.5) is 17.1 Å². The van der Waals surface area contributed by atoms with Crippen molar-refractivity contribution in [3.05, 3.63) is 173 Å². The molecule has 18 heteroatoms. The van der Waals surface area contributed by atoms with Crippen molar-refractivity contribution in [2.45, 2.75) is 83.3 Å². The van der Waals surface area contributed by atoms with Gasteiger partial charge in [0.25, 0.3) is 5.91 Å². The average molecular weight is 1050 g/mol. The van der Waals surface area contributed by atoms with E-state index in [0.29, 0.717) is 16.9 Å². The molecule has 0 saturated heterocycles. The third-order valence-electron chi connectivity index (χ3n) is 15.8. The number of carboxylic acids is 1. The summed E-state index contributed by atoms with van der Waals surface area (Å²) in [7, 11) is 0. The lowest BCUT2D eigenvalue weighted by atomic mass is 9.82. The molecule has 0 aromatic heterocycles. The van der Waals surface area contributed by atoms with Crippen LogP contribution in [0, 0.1) is 0 Å². The highest BCUT2D eigenvalue weighted by Crippen LogP contribution is 2.49. The minimum absolute atomic E-state index is 0.00926. The molecule has 1 atom stereocenters. The van der Waals surface area contributed by atoms with Gasteiger partial charge in [-0.2, -0.15) is 0 Å². The van der Waals surface area contributed by atoms with E-state index in [2.05, 4.69) is 52.3 Å². The Morgan fingerprint density at radius 3 is 2.49 bits per heavy atom. The SMILES string of the molecule is [N-]=[N+]=Nc1ccc(CN(CCNC(=O)c2ccc(C(=O)O)c(C3=c4cc5c6c(c4Oc4c3cc3c7c4CCCN7CCCC3)CCC[N+]=6CCCC5)c2)C(=O)CCNC[C@H](O)COc2cccc3ccccc23)c(N=[N+]=[N-])c1. The number of anilines is 1. The molecule has 5 heterocycles. The van der Waals surface area contributed by atoms with Gasteiger partial charge in [0, 0.05) is 130 Å². The number of hydrogen-bond acceptors (Lipinski definition) is 10. The number of benzene rings is 6. The second kappa shape index (κ2) is 23.1. The van der Waals surface area contributed by atoms with E-state index in [1.165, 1.54) is 51.5 Å². The maximum Gasteiger partial charge on any atom is 0.336 e. The van der Waals surface area contributed by atoms with E-state index in [1.54, 1.807) is 23.1 Å². The van der Waals surface area contributed by atoms with Crippen molar-refractivity contribution in [2.24, 2.45) is 10.2 Å². The molecule has 0 aliphatic carbocycles. The molecule has 0 saturated carbocycles. The van der Waals surface area contributed by atoms with Gasteiger partial charge >= 0.3 is 5.97 Å². The number of carboxylic acid groups (broad SMARTS) is 1. The first kappa shape index (κ1) is 51.7. The molecular weight excluding hydrogens is 987 g/mol. The Balaban J connectivity index is 0.877. The Labute approximate surface area is 450 Å². The van der Waals surface area contributed by atoms with E-state index < -0.39 is 18.0 Å². The Bertz CT molecular complexity index is 3620. The van der Waals surface area contributed by atoms with E-state index in [0.717, 1.165) is 129 Å². The predicted molar refractivity (Wildman–Crippen MR) is 298 cm³/mol. The lowest BCUT2D eigenvalue weighted by molar-refractivity contribution is -0.131. The lowest BCUT2D eigenvalue weighted by Crippen LogP contribution is -2.41. The van der Waals surface area contributed by atoms with Crippen LogP contribution in [0.3, 0.4) is 0 Å². The number of azide groups is 2. The largest absolute Gasteiger partial charge is 0.490 e. The third-order valence-corrected chi connectivity index (χ3v) is 15.8. The molecule has 4 N–H and O–H groups in total. The van der Waals surface area contributed by atoms with Crippen LogP contribution in [0.5, 0.6) is 17.2 Å². The summed E-state index contributed by atoms with van der Waals surface area (Å²) in [5.74, 6) is 0.384. The molecule has 0 fully saturated rings. The van der Waals surface area contributed by atoms with E-state index >= 15 is 0 Å². The van der Waals surface area contributed by atoms with E-state index in [-0.39, 0.29) is 74.2 Å². The van der Waals surface area contributed by atoms with E-state index in [4.69, 9.17) is 15.0 Å². The van der Waals surface area contributed by atoms with Crippen LogP contribution in [0.15, 0.2) is 101 Å². The molecule has 6 aromatic carbocycles. The second-order valence-corrected chi connectivity index (χ2v) is 20.8. The minimum Gasteiger partial charge on any atom is -0.490 e. The first-order valence-corrected chi connectivity index (χ1v) is 27.3. The third kappa shape index (κ3) is 10.5. The highest BCUT2D eigenvalue weighted by molar-refractivity contribution is 6.03. The number of aliphatic hydroxyl groups excluding tert-OH is 1. The average Bonchev–Trinajstić information content (AvgIpc) is 3.97. The van der Waals surface area contributed by atoms with Gasteiger partial charge in [0.1, 0.15) is 43.0 Å². The molecule has 0 spiro atoms. The summed E-state index contributed by atoms with van der Waals surface area (Å²) in [4.78, 5) is 51.9. The number of aromatic carboxylic acids is 1. The number of rotatable bonds is 18. The van der Waals surface area contributed by atoms with Gasteiger partial charge in [-0.15, -0.1) is 0 Å². The molecule has 5 aliphatic rings. The Morgan fingerprint density at radius 1 is 0.808 bits per heavy atom. The molecule has 11 rings (SSSR count). The topological polar surface area (TPSA) is 241 Å².